The van der Waals surface area contributed by atoms with Gasteiger partial charge in [0.25, 0.3) is 0 Å². The molecule has 1 saturated heterocycles. The van der Waals surface area contributed by atoms with E-state index >= 15 is 0 Å². The van der Waals surface area contributed by atoms with Gasteiger partial charge in [0.2, 0.25) is 5.91 Å². The van der Waals surface area contributed by atoms with Gasteiger partial charge in [-0.15, -0.1) is 0 Å². The summed E-state index contributed by atoms with van der Waals surface area (Å²) in [4.78, 5) is 15.8. The van der Waals surface area contributed by atoms with Crippen molar-refractivity contribution in [2.24, 2.45) is 16.9 Å². The standard InChI is InChI=1S/C24H33N3O4/c1-29-15-14-26-12-10-18(11-13-26)27-24(28)20-7-5-4-6-19(20)23(25-27)17-8-9-21(30-2)22(16-17)31-3/h4-5,8-9,16,18-20H,6-7,10-15H2,1-3H3/t19-,20+/m0/s1. The highest BCUT2D eigenvalue weighted by Gasteiger charge is 2.42. The van der Waals surface area contributed by atoms with E-state index in [1.807, 2.05) is 18.2 Å². The minimum absolute atomic E-state index is 0.0443. The van der Waals surface area contributed by atoms with Gasteiger partial charge in [-0.05, 0) is 43.9 Å². The van der Waals surface area contributed by atoms with Gasteiger partial charge in [0.05, 0.1) is 38.5 Å². The summed E-state index contributed by atoms with van der Waals surface area (Å²) in [5.41, 5.74) is 1.98. The Morgan fingerprint density at radius 3 is 2.39 bits per heavy atom. The molecule has 1 amide bonds. The maximum atomic E-state index is 13.4. The minimum Gasteiger partial charge on any atom is -0.493 e. The lowest BCUT2D eigenvalue weighted by Gasteiger charge is -2.42. The van der Waals surface area contributed by atoms with Crippen LogP contribution in [-0.2, 0) is 9.53 Å². The van der Waals surface area contributed by atoms with Gasteiger partial charge in [0.1, 0.15) is 0 Å². The molecular weight excluding hydrogens is 394 g/mol. The van der Waals surface area contributed by atoms with Crippen LogP contribution in [0.5, 0.6) is 11.5 Å². The van der Waals surface area contributed by atoms with Crippen molar-refractivity contribution < 1.29 is 19.0 Å². The van der Waals surface area contributed by atoms with Crippen LogP contribution in [0, 0.1) is 11.8 Å². The molecule has 0 saturated carbocycles. The smallest absolute Gasteiger partial charge is 0.247 e. The largest absolute Gasteiger partial charge is 0.493 e. The molecule has 0 N–H and O–H groups in total. The third-order valence-corrected chi connectivity index (χ3v) is 6.74. The van der Waals surface area contributed by atoms with Crippen LogP contribution in [0.25, 0.3) is 0 Å². The Kier molecular flexibility index (Phi) is 6.92. The topological polar surface area (TPSA) is 63.6 Å². The van der Waals surface area contributed by atoms with Crippen molar-refractivity contribution in [2.75, 3.05) is 47.6 Å². The Bertz CT molecular complexity index is 845. The summed E-state index contributed by atoms with van der Waals surface area (Å²) in [6.07, 6.45) is 7.81. The fourth-order valence-electron chi connectivity index (χ4n) is 4.94. The summed E-state index contributed by atoms with van der Waals surface area (Å²) in [6, 6.07) is 6.07. The highest BCUT2D eigenvalue weighted by molar-refractivity contribution is 6.07. The number of carbonyl (C=O) groups excluding carboxylic acids is 1. The Balaban J connectivity index is 1.62. The number of nitrogens with zero attached hydrogens (tertiary/aromatic N) is 3. The van der Waals surface area contributed by atoms with Crippen LogP contribution in [0.2, 0.25) is 0 Å². The fraction of sp³-hybridized carbons (Fsp3) is 0.583. The number of carbonyl (C=O) groups is 1. The zero-order valence-corrected chi connectivity index (χ0v) is 18.8. The second-order valence-corrected chi connectivity index (χ2v) is 8.46. The third kappa shape index (κ3) is 4.48. The number of hydrogen-bond acceptors (Lipinski definition) is 6. The normalized spacial score (nSPS) is 24.7. The van der Waals surface area contributed by atoms with E-state index in [1.54, 1.807) is 26.3 Å². The van der Waals surface area contributed by atoms with Crippen LogP contribution in [0.15, 0.2) is 35.5 Å². The average Bonchev–Trinajstić information content (AvgIpc) is 2.83. The molecule has 0 bridgehead atoms. The molecule has 0 unspecified atom stereocenters. The van der Waals surface area contributed by atoms with Crippen LogP contribution in [-0.4, -0.2) is 75.1 Å². The van der Waals surface area contributed by atoms with E-state index in [1.165, 1.54) is 0 Å². The van der Waals surface area contributed by atoms with E-state index in [4.69, 9.17) is 19.3 Å². The molecule has 3 aliphatic rings. The third-order valence-electron chi connectivity index (χ3n) is 6.74. The number of allylic oxidation sites excluding steroid dienone is 2. The number of hydrogen-bond donors (Lipinski definition) is 0. The van der Waals surface area contributed by atoms with Crippen molar-refractivity contribution in [3.63, 3.8) is 0 Å². The van der Waals surface area contributed by atoms with Gasteiger partial charge in [0, 0.05) is 38.2 Å². The summed E-state index contributed by atoms with van der Waals surface area (Å²) >= 11 is 0. The van der Waals surface area contributed by atoms with Gasteiger partial charge in [-0.3, -0.25) is 4.79 Å². The molecule has 0 aromatic heterocycles. The van der Waals surface area contributed by atoms with Crippen LogP contribution in [0.3, 0.4) is 0 Å². The fourth-order valence-corrected chi connectivity index (χ4v) is 4.94. The highest BCUT2D eigenvalue weighted by atomic mass is 16.5. The molecule has 1 fully saturated rings. The molecular formula is C24H33N3O4. The maximum absolute atomic E-state index is 13.4. The summed E-state index contributed by atoms with van der Waals surface area (Å²) < 4.78 is 16.1. The summed E-state index contributed by atoms with van der Waals surface area (Å²) in [6.45, 7) is 3.61. The molecule has 4 rings (SSSR count). The molecule has 0 radical (unpaired) electrons. The van der Waals surface area contributed by atoms with E-state index in [2.05, 4.69) is 17.1 Å². The summed E-state index contributed by atoms with van der Waals surface area (Å²) in [7, 11) is 5.01. The number of amides is 1. The number of ether oxygens (including phenoxy) is 3. The van der Waals surface area contributed by atoms with E-state index in [9.17, 15) is 4.79 Å². The molecule has 2 aliphatic heterocycles. The lowest BCUT2D eigenvalue weighted by Crippen LogP contribution is -2.52. The van der Waals surface area contributed by atoms with Gasteiger partial charge in [-0.25, -0.2) is 5.01 Å². The SMILES string of the molecule is COCCN1CCC(N2N=C(c3ccc(OC)c(OC)c3)[C@H]3CC=CC[C@H]3C2=O)CC1. The predicted octanol–water partition coefficient (Wildman–Crippen LogP) is 2.94. The molecule has 1 aliphatic carbocycles. The lowest BCUT2D eigenvalue weighted by atomic mass is 9.76. The number of rotatable bonds is 7. The molecule has 7 nitrogen and oxygen atoms in total. The number of hydrazone groups is 1. The molecule has 0 spiro atoms. The van der Waals surface area contributed by atoms with Crippen LogP contribution in [0.4, 0.5) is 0 Å². The minimum atomic E-state index is -0.0443. The number of methoxy groups -OCH3 is 3. The van der Waals surface area contributed by atoms with E-state index in [0.29, 0.717) is 11.5 Å². The van der Waals surface area contributed by atoms with Gasteiger partial charge < -0.3 is 19.1 Å². The number of benzene rings is 1. The number of fused-ring (bicyclic) bond motifs is 1. The van der Waals surface area contributed by atoms with Gasteiger partial charge in [-0.2, -0.15) is 5.10 Å². The first-order valence-electron chi connectivity index (χ1n) is 11.2. The molecule has 7 heteroatoms. The quantitative estimate of drug-likeness (QED) is 0.626. The second-order valence-electron chi connectivity index (χ2n) is 8.46. The second kappa shape index (κ2) is 9.83. The zero-order valence-electron chi connectivity index (χ0n) is 18.8. The van der Waals surface area contributed by atoms with E-state index in [-0.39, 0.29) is 23.8 Å². The molecule has 2 heterocycles. The van der Waals surface area contributed by atoms with Gasteiger partial charge in [0.15, 0.2) is 11.5 Å². The highest BCUT2D eigenvalue weighted by Crippen LogP contribution is 2.38. The Morgan fingerprint density at radius 1 is 1.00 bits per heavy atom. The zero-order chi connectivity index (χ0) is 21.8. The first-order valence-corrected chi connectivity index (χ1v) is 11.2. The molecule has 31 heavy (non-hydrogen) atoms. The molecule has 168 valence electrons. The maximum Gasteiger partial charge on any atom is 0.247 e. The van der Waals surface area contributed by atoms with Gasteiger partial charge in [-0.1, -0.05) is 12.2 Å². The predicted molar refractivity (Wildman–Crippen MR) is 120 cm³/mol. The summed E-state index contributed by atoms with van der Waals surface area (Å²) in [5, 5.41) is 6.79. The van der Waals surface area contributed by atoms with Crippen molar-refractivity contribution in [2.45, 2.75) is 31.7 Å². The Hall–Kier alpha value is -2.38. The van der Waals surface area contributed by atoms with Crippen molar-refractivity contribution >= 4 is 11.6 Å². The molecule has 1 aromatic carbocycles. The van der Waals surface area contributed by atoms with Crippen LogP contribution >= 0.6 is 0 Å². The first-order chi connectivity index (χ1) is 15.2. The van der Waals surface area contributed by atoms with Crippen molar-refractivity contribution in [3.05, 3.63) is 35.9 Å². The van der Waals surface area contributed by atoms with E-state index in [0.717, 1.165) is 63.2 Å². The lowest BCUT2D eigenvalue weighted by molar-refractivity contribution is -0.141. The molecule has 2 atom stereocenters. The van der Waals surface area contributed by atoms with Crippen molar-refractivity contribution in [1.29, 1.82) is 0 Å². The Labute approximate surface area is 184 Å². The number of piperidine rings is 1. The summed E-state index contributed by atoms with van der Waals surface area (Å²) in [5.74, 6) is 1.61. The van der Waals surface area contributed by atoms with Crippen LogP contribution in [0.1, 0.15) is 31.2 Å². The average molecular weight is 428 g/mol. The monoisotopic (exact) mass is 427 g/mol. The van der Waals surface area contributed by atoms with Crippen LogP contribution < -0.4 is 9.47 Å². The first kappa shape index (κ1) is 21.8. The van der Waals surface area contributed by atoms with Crippen molar-refractivity contribution in [3.8, 4) is 11.5 Å². The van der Waals surface area contributed by atoms with E-state index < -0.39 is 0 Å². The van der Waals surface area contributed by atoms with Gasteiger partial charge >= 0.3 is 0 Å². The Morgan fingerprint density at radius 2 is 1.71 bits per heavy atom. The molecule has 1 aromatic rings. The number of likely N-dealkylation sites (tertiary alicyclic amines) is 1. The van der Waals surface area contributed by atoms with Crippen molar-refractivity contribution in [1.82, 2.24) is 9.91 Å².